The molecule has 3 heteroatoms. The summed E-state index contributed by atoms with van der Waals surface area (Å²) in [5, 5.41) is 0.671. The maximum Gasteiger partial charge on any atom is 0.123 e. The Hall–Kier alpha value is -1.38. The third kappa shape index (κ3) is 3.34. The summed E-state index contributed by atoms with van der Waals surface area (Å²) >= 11 is 6.00. The molecule has 0 aliphatic rings. The molecule has 0 spiro atoms. The highest BCUT2D eigenvalue weighted by atomic mass is 35.5. The zero-order chi connectivity index (χ0) is 14.0. The van der Waals surface area contributed by atoms with Crippen LogP contribution in [-0.2, 0) is 12.0 Å². The SMILES string of the molecule is Cc1cc(F)ccc1CC(C)(N)c1cccc(Cl)c1. The number of rotatable bonds is 3. The number of halogens is 2. The fourth-order valence-electron chi connectivity index (χ4n) is 2.20. The molecule has 2 aromatic carbocycles. The first-order chi connectivity index (χ1) is 8.88. The normalized spacial score (nSPS) is 14.2. The second-order valence-electron chi connectivity index (χ2n) is 5.18. The monoisotopic (exact) mass is 277 g/mol. The summed E-state index contributed by atoms with van der Waals surface area (Å²) in [7, 11) is 0. The standard InChI is InChI=1S/C16H17ClFN/c1-11-8-15(18)7-6-12(11)10-16(2,19)13-4-3-5-14(17)9-13/h3-9H,10,19H2,1-2H3. The zero-order valence-corrected chi connectivity index (χ0v) is 11.8. The maximum atomic E-state index is 13.1. The van der Waals surface area contributed by atoms with Gasteiger partial charge in [-0.25, -0.2) is 4.39 Å². The van der Waals surface area contributed by atoms with Crippen LogP contribution in [0.2, 0.25) is 5.02 Å². The van der Waals surface area contributed by atoms with Gasteiger partial charge in [0.25, 0.3) is 0 Å². The summed E-state index contributed by atoms with van der Waals surface area (Å²) in [5.74, 6) is -0.220. The summed E-state index contributed by atoms with van der Waals surface area (Å²) in [4.78, 5) is 0. The molecule has 2 aromatic rings. The first kappa shape index (κ1) is 14.0. The smallest absolute Gasteiger partial charge is 0.123 e. The molecule has 1 nitrogen and oxygen atoms in total. The molecule has 0 saturated carbocycles. The van der Waals surface area contributed by atoms with Crippen LogP contribution in [0.15, 0.2) is 42.5 Å². The molecule has 2 N–H and O–H groups in total. The lowest BCUT2D eigenvalue weighted by Crippen LogP contribution is -2.35. The molecule has 0 amide bonds. The Morgan fingerprint density at radius 3 is 2.58 bits per heavy atom. The highest BCUT2D eigenvalue weighted by Gasteiger charge is 2.22. The molecule has 0 aromatic heterocycles. The van der Waals surface area contributed by atoms with E-state index in [0.717, 1.165) is 16.7 Å². The Labute approximate surface area is 118 Å². The van der Waals surface area contributed by atoms with Gasteiger partial charge in [0.2, 0.25) is 0 Å². The second kappa shape index (κ2) is 5.32. The van der Waals surface area contributed by atoms with Crippen LogP contribution in [0.1, 0.15) is 23.6 Å². The molecular weight excluding hydrogens is 261 g/mol. The number of aryl methyl sites for hydroxylation is 1. The van der Waals surface area contributed by atoms with Crippen molar-refractivity contribution in [2.75, 3.05) is 0 Å². The number of hydrogen-bond donors (Lipinski definition) is 1. The van der Waals surface area contributed by atoms with E-state index < -0.39 is 5.54 Å². The number of benzene rings is 2. The summed E-state index contributed by atoms with van der Waals surface area (Å²) in [6, 6.07) is 12.3. The lowest BCUT2D eigenvalue weighted by molar-refractivity contribution is 0.489. The minimum atomic E-state index is -0.534. The van der Waals surface area contributed by atoms with Gasteiger partial charge in [-0.15, -0.1) is 0 Å². The molecular formula is C16H17ClFN. The average molecular weight is 278 g/mol. The van der Waals surface area contributed by atoms with Crippen molar-refractivity contribution < 1.29 is 4.39 Å². The Morgan fingerprint density at radius 1 is 1.21 bits per heavy atom. The van der Waals surface area contributed by atoms with Gasteiger partial charge in [-0.3, -0.25) is 0 Å². The number of hydrogen-bond acceptors (Lipinski definition) is 1. The zero-order valence-electron chi connectivity index (χ0n) is 11.1. The van der Waals surface area contributed by atoms with Gasteiger partial charge in [0.05, 0.1) is 0 Å². The predicted octanol–water partition coefficient (Wildman–Crippen LogP) is 4.20. The van der Waals surface area contributed by atoms with Crippen molar-refractivity contribution >= 4 is 11.6 Å². The molecule has 19 heavy (non-hydrogen) atoms. The van der Waals surface area contributed by atoms with E-state index in [1.165, 1.54) is 12.1 Å². The molecule has 0 aliphatic carbocycles. The average Bonchev–Trinajstić information content (AvgIpc) is 2.33. The van der Waals surface area contributed by atoms with E-state index in [9.17, 15) is 4.39 Å². The minimum Gasteiger partial charge on any atom is -0.321 e. The van der Waals surface area contributed by atoms with Crippen molar-refractivity contribution in [2.24, 2.45) is 5.73 Å². The van der Waals surface area contributed by atoms with Gasteiger partial charge in [-0.1, -0.05) is 29.8 Å². The maximum absolute atomic E-state index is 13.1. The first-order valence-corrected chi connectivity index (χ1v) is 6.56. The van der Waals surface area contributed by atoms with Crippen LogP contribution in [0, 0.1) is 12.7 Å². The van der Waals surface area contributed by atoms with Crippen LogP contribution in [0.25, 0.3) is 0 Å². The highest BCUT2D eigenvalue weighted by Crippen LogP contribution is 2.26. The molecule has 0 saturated heterocycles. The molecule has 0 heterocycles. The lowest BCUT2D eigenvalue weighted by Gasteiger charge is -2.26. The van der Waals surface area contributed by atoms with Crippen molar-refractivity contribution in [1.29, 1.82) is 0 Å². The quantitative estimate of drug-likeness (QED) is 0.894. The van der Waals surface area contributed by atoms with Gasteiger partial charge in [0.15, 0.2) is 0 Å². The largest absolute Gasteiger partial charge is 0.321 e. The van der Waals surface area contributed by atoms with Crippen molar-refractivity contribution in [3.63, 3.8) is 0 Å². The van der Waals surface area contributed by atoms with Crippen molar-refractivity contribution in [2.45, 2.75) is 25.8 Å². The lowest BCUT2D eigenvalue weighted by atomic mass is 9.85. The molecule has 1 unspecified atom stereocenters. The van der Waals surface area contributed by atoms with Crippen LogP contribution < -0.4 is 5.73 Å². The van der Waals surface area contributed by atoms with Crippen LogP contribution in [0.5, 0.6) is 0 Å². The van der Waals surface area contributed by atoms with Crippen molar-refractivity contribution in [3.8, 4) is 0 Å². The molecule has 100 valence electrons. The van der Waals surface area contributed by atoms with E-state index in [2.05, 4.69) is 0 Å². The summed E-state index contributed by atoms with van der Waals surface area (Å²) < 4.78 is 13.1. The minimum absolute atomic E-state index is 0.220. The molecule has 0 bridgehead atoms. The first-order valence-electron chi connectivity index (χ1n) is 6.18. The molecule has 0 fully saturated rings. The number of nitrogens with two attached hydrogens (primary N) is 1. The molecule has 1 atom stereocenters. The van der Waals surface area contributed by atoms with E-state index in [0.29, 0.717) is 11.4 Å². The van der Waals surface area contributed by atoms with E-state index >= 15 is 0 Å². The second-order valence-corrected chi connectivity index (χ2v) is 5.61. The van der Waals surface area contributed by atoms with Crippen LogP contribution in [-0.4, -0.2) is 0 Å². The van der Waals surface area contributed by atoms with E-state index in [1.807, 2.05) is 38.1 Å². The van der Waals surface area contributed by atoms with Gasteiger partial charge in [0.1, 0.15) is 5.82 Å². The van der Waals surface area contributed by atoms with Gasteiger partial charge in [-0.2, -0.15) is 0 Å². The Bertz CT molecular complexity index is 593. The van der Waals surface area contributed by atoms with Gasteiger partial charge >= 0.3 is 0 Å². The fourth-order valence-corrected chi connectivity index (χ4v) is 2.39. The highest BCUT2D eigenvalue weighted by molar-refractivity contribution is 6.30. The van der Waals surface area contributed by atoms with Gasteiger partial charge < -0.3 is 5.73 Å². The topological polar surface area (TPSA) is 26.0 Å². The summed E-state index contributed by atoms with van der Waals surface area (Å²) in [5.41, 5.74) is 8.80. The fraction of sp³-hybridized carbons (Fsp3) is 0.250. The van der Waals surface area contributed by atoms with E-state index in [-0.39, 0.29) is 5.82 Å². The Balaban J connectivity index is 2.30. The van der Waals surface area contributed by atoms with Crippen LogP contribution >= 0.6 is 11.6 Å². The molecule has 0 radical (unpaired) electrons. The predicted molar refractivity (Wildman–Crippen MR) is 77.8 cm³/mol. The summed E-state index contributed by atoms with van der Waals surface area (Å²) in [6.07, 6.45) is 0.638. The molecule has 2 rings (SSSR count). The van der Waals surface area contributed by atoms with Crippen LogP contribution in [0.3, 0.4) is 0 Å². The van der Waals surface area contributed by atoms with Gasteiger partial charge in [0, 0.05) is 10.6 Å². The third-order valence-electron chi connectivity index (χ3n) is 3.35. The Morgan fingerprint density at radius 2 is 1.95 bits per heavy atom. The molecule has 0 aliphatic heterocycles. The van der Waals surface area contributed by atoms with E-state index in [1.54, 1.807) is 6.07 Å². The Kier molecular flexibility index (Phi) is 3.93. The van der Waals surface area contributed by atoms with E-state index in [4.69, 9.17) is 17.3 Å². The van der Waals surface area contributed by atoms with Crippen molar-refractivity contribution in [3.05, 3.63) is 70.0 Å². The third-order valence-corrected chi connectivity index (χ3v) is 3.58. The summed E-state index contributed by atoms with van der Waals surface area (Å²) in [6.45, 7) is 3.86. The van der Waals surface area contributed by atoms with Gasteiger partial charge in [-0.05, 0) is 61.2 Å². The van der Waals surface area contributed by atoms with Crippen molar-refractivity contribution in [1.82, 2.24) is 0 Å². The van der Waals surface area contributed by atoms with Crippen LogP contribution in [0.4, 0.5) is 4.39 Å².